The Morgan fingerprint density at radius 3 is 2.63 bits per heavy atom. The van der Waals surface area contributed by atoms with Gasteiger partial charge in [0.05, 0.1) is 17.3 Å². The Morgan fingerprint density at radius 1 is 1.20 bits per heavy atom. The summed E-state index contributed by atoms with van der Waals surface area (Å²) in [7, 11) is 1.95. The zero-order valence-corrected chi connectivity index (χ0v) is 17.3. The van der Waals surface area contributed by atoms with Crippen molar-refractivity contribution in [3.05, 3.63) is 76.6 Å². The molecule has 2 aromatic heterocycles. The van der Waals surface area contributed by atoms with Gasteiger partial charge in [-0.05, 0) is 36.6 Å². The summed E-state index contributed by atoms with van der Waals surface area (Å²) in [6.07, 6.45) is 3.37. The maximum atomic E-state index is 11.2. The van der Waals surface area contributed by atoms with Crippen LogP contribution in [-0.4, -0.2) is 44.4 Å². The Morgan fingerprint density at radius 2 is 1.97 bits per heavy atom. The summed E-state index contributed by atoms with van der Waals surface area (Å²) in [6.45, 7) is 2.77. The zero-order chi connectivity index (χ0) is 21.3. The van der Waals surface area contributed by atoms with Crippen molar-refractivity contribution in [3.8, 4) is 5.95 Å². The van der Waals surface area contributed by atoms with Crippen molar-refractivity contribution in [2.75, 3.05) is 18.5 Å². The largest absolute Gasteiger partial charge is 0.478 e. The van der Waals surface area contributed by atoms with Crippen LogP contribution in [0, 0.1) is 0 Å². The molecular formula is C22H20ClN5O2. The summed E-state index contributed by atoms with van der Waals surface area (Å²) in [4.78, 5) is 22.5. The van der Waals surface area contributed by atoms with E-state index >= 15 is 0 Å². The molecule has 0 saturated carbocycles. The molecule has 0 amide bonds. The van der Waals surface area contributed by atoms with E-state index in [0.717, 1.165) is 23.3 Å². The van der Waals surface area contributed by atoms with Crippen LogP contribution in [0.3, 0.4) is 0 Å². The minimum absolute atomic E-state index is 0.0698. The van der Waals surface area contributed by atoms with Gasteiger partial charge in [0, 0.05) is 30.2 Å². The molecular weight excluding hydrogens is 402 g/mol. The molecule has 0 aliphatic rings. The van der Waals surface area contributed by atoms with Crippen molar-refractivity contribution in [3.63, 3.8) is 0 Å². The molecule has 30 heavy (non-hydrogen) atoms. The van der Waals surface area contributed by atoms with Crippen molar-refractivity contribution < 1.29 is 9.90 Å². The first-order valence-corrected chi connectivity index (χ1v) is 9.87. The Hall–Kier alpha value is -3.45. The summed E-state index contributed by atoms with van der Waals surface area (Å²) in [5, 5.41) is 14.8. The third kappa shape index (κ3) is 3.84. The summed E-state index contributed by atoms with van der Waals surface area (Å²) in [6, 6.07) is 14.0. The van der Waals surface area contributed by atoms with E-state index in [1.54, 1.807) is 0 Å². The molecule has 0 radical (unpaired) electrons. The van der Waals surface area contributed by atoms with E-state index in [2.05, 4.69) is 27.2 Å². The van der Waals surface area contributed by atoms with Crippen LogP contribution in [0.4, 0.5) is 5.82 Å². The Bertz CT molecular complexity index is 1220. The van der Waals surface area contributed by atoms with Gasteiger partial charge in [0.25, 0.3) is 5.95 Å². The highest BCUT2D eigenvalue weighted by Crippen LogP contribution is 2.31. The zero-order valence-electron chi connectivity index (χ0n) is 16.6. The second kappa shape index (κ2) is 8.12. The maximum Gasteiger partial charge on any atom is 0.338 e. The molecule has 2 aromatic carbocycles. The van der Waals surface area contributed by atoms with Crippen LogP contribution >= 0.6 is 11.6 Å². The first-order valence-electron chi connectivity index (χ1n) is 9.50. The molecule has 4 rings (SSSR count). The van der Waals surface area contributed by atoms with Gasteiger partial charge in [0.15, 0.2) is 0 Å². The van der Waals surface area contributed by atoms with Crippen molar-refractivity contribution in [2.24, 2.45) is 0 Å². The van der Waals surface area contributed by atoms with Gasteiger partial charge in [-0.2, -0.15) is 10.1 Å². The van der Waals surface area contributed by atoms with E-state index < -0.39 is 5.97 Å². The molecule has 0 spiro atoms. The number of rotatable bonds is 6. The third-order valence-electron chi connectivity index (χ3n) is 4.94. The van der Waals surface area contributed by atoms with Gasteiger partial charge in [0.2, 0.25) is 0 Å². The normalized spacial score (nSPS) is 11.0. The lowest BCUT2D eigenvalue weighted by Crippen LogP contribution is -2.19. The standard InChI is InChI=1S/C22H20ClN5O2/c1-3-27(2)20-17-10-15(9-14-7-5-4-6-8-14)18(23)11-19(17)25-22(26-20)28-13-16(12-24-28)21(29)30/h4-8,10-13H,3,9H2,1-2H3,(H,29,30). The molecule has 7 nitrogen and oxygen atoms in total. The molecule has 4 aromatic rings. The topological polar surface area (TPSA) is 84.1 Å². The fourth-order valence-corrected chi connectivity index (χ4v) is 3.43. The van der Waals surface area contributed by atoms with Gasteiger partial charge in [-0.25, -0.2) is 14.5 Å². The Kier molecular flexibility index (Phi) is 5.37. The van der Waals surface area contributed by atoms with Crippen LogP contribution < -0.4 is 4.90 Å². The molecule has 8 heteroatoms. The van der Waals surface area contributed by atoms with E-state index in [1.807, 2.05) is 49.2 Å². The van der Waals surface area contributed by atoms with Gasteiger partial charge < -0.3 is 10.0 Å². The summed E-state index contributed by atoms with van der Waals surface area (Å²) < 4.78 is 1.36. The number of fused-ring (bicyclic) bond motifs is 1. The molecule has 0 saturated heterocycles. The number of aromatic carboxylic acids is 1. The number of carboxylic acid groups (broad SMARTS) is 1. The molecule has 0 atom stereocenters. The van der Waals surface area contributed by atoms with Crippen LogP contribution in [0.15, 0.2) is 54.9 Å². The first-order chi connectivity index (χ1) is 14.5. The molecule has 0 aliphatic carbocycles. The average Bonchev–Trinajstić information content (AvgIpc) is 3.24. The van der Waals surface area contributed by atoms with Crippen molar-refractivity contribution in [1.82, 2.24) is 19.7 Å². The summed E-state index contributed by atoms with van der Waals surface area (Å²) in [5.41, 5.74) is 2.90. The predicted molar refractivity (Wildman–Crippen MR) is 117 cm³/mol. The number of aromatic nitrogens is 4. The van der Waals surface area contributed by atoms with E-state index in [1.165, 1.54) is 22.6 Å². The van der Waals surface area contributed by atoms with Crippen molar-refractivity contribution in [1.29, 1.82) is 0 Å². The predicted octanol–water partition coefficient (Wildman–Crippen LogP) is 4.21. The van der Waals surface area contributed by atoms with Crippen LogP contribution in [0.1, 0.15) is 28.4 Å². The molecule has 2 heterocycles. The van der Waals surface area contributed by atoms with Gasteiger partial charge in [-0.15, -0.1) is 0 Å². The van der Waals surface area contributed by atoms with Crippen LogP contribution in [0.25, 0.3) is 16.9 Å². The molecule has 0 bridgehead atoms. The number of benzene rings is 2. The molecule has 0 unspecified atom stereocenters. The number of hydrogen-bond donors (Lipinski definition) is 1. The van der Waals surface area contributed by atoms with Gasteiger partial charge in [0.1, 0.15) is 5.82 Å². The number of anilines is 1. The molecule has 0 aliphatic heterocycles. The van der Waals surface area contributed by atoms with Crippen LogP contribution in [0.2, 0.25) is 5.02 Å². The van der Waals surface area contributed by atoms with Crippen molar-refractivity contribution >= 4 is 34.3 Å². The van der Waals surface area contributed by atoms with Crippen LogP contribution in [-0.2, 0) is 6.42 Å². The monoisotopic (exact) mass is 421 g/mol. The lowest BCUT2D eigenvalue weighted by Gasteiger charge is -2.19. The summed E-state index contributed by atoms with van der Waals surface area (Å²) >= 11 is 6.59. The molecule has 152 valence electrons. The van der Waals surface area contributed by atoms with E-state index in [0.29, 0.717) is 17.0 Å². The van der Waals surface area contributed by atoms with Gasteiger partial charge in [-0.3, -0.25) is 0 Å². The van der Waals surface area contributed by atoms with Gasteiger partial charge >= 0.3 is 5.97 Å². The number of carbonyl (C=O) groups is 1. The maximum absolute atomic E-state index is 11.2. The highest BCUT2D eigenvalue weighted by Gasteiger charge is 2.16. The van der Waals surface area contributed by atoms with E-state index in [4.69, 9.17) is 16.7 Å². The molecule has 0 fully saturated rings. The second-order valence-electron chi connectivity index (χ2n) is 6.96. The highest BCUT2D eigenvalue weighted by molar-refractivity contribution is 6.32. The number of carboxylic acids is 1. The number of halogens is 1. The minimum atomic E-state index is -1.05. The quantitative estimate of drug-likeness (QED) is 0.502. The average molecular weight is 422 g/mol. The SMILES string of the molecule is CCN(C)c1nc(-n2cc(C(=O)O)cn2)nc2cc(Cl)c(Cc3ccccc3)cc12. The smallest absolute Gasteiger partial charge is 0.338 e. The Labute approximate surface area is 178 Å². The van der Waals surface area contributed by atoms with Crippen LogP contribution in [0.5, 0.6) is 0 Å². The van der Waals surface area contributed by atoms with E-state index in [9.17, 15) is 4.79 Å². The fraction of sp³-hybridized carbons (Fsp3) is 0.182. The lowest BCUT2D eigenvalue weighted by atomic mass is 10.0. The lowest BCUT2D eigenvalue weighted by molar-refractivity contribution is 0.0697. The minimum Gasteiger partial charge on any atom is -0.478 e. The second-order valence-corrected chi connectivity index (χ2v) is 7.37. The first kappa shape index (κ1) is 19.8. The highest BCUT2D eigenvalue weighted by atomic mass is 35.5. The molecule has 1 N–H and O–H groups in total. The Balaban J connectivity index is 1.85. The number of hydrogen-bond acceptors (Lipinski definition) is 5. The van der Waals surface area contributed by atoms with Crippen molar-refractivity contribution in [2.45, 2.75) is 13.3 Å². The fourth-order valence-electron chi connectivity index (χ4n) is 3.20. The van der Waals surface area contributed by atoms with E-state index in [-0.39, 0.29) is 11.5 Å². The number of nitrogens with zero attached hydrogens (tertiary/aromatic N) is 5. The van der Waals surface area contributed by atoms with Gasteiger partial charge in [-0.1, -0.05) is 41.9 Å². The summed E-state index contributed by atoms with van der Waals surface area (Å²) in [5.74, 6) is -0.0328. The third-order valence-corrected chi connectivity index (χ3v) is 5.29.